The summed E-state index contributed by atoms with van der Waals surface area (Å²) in [5, 5.41) is 9.31. The number of nitrogens with one attached hydrogen (secondary N) is 3. The molecule has 0 saturated carbocycles. The minimum Gasteiger partial charge on any atom is -0.375 e. The molecule has 0 saturated heterocycles. The molecule has 120 valence electrons. The van der Waals surface area contributed by atoms with E-state index in [2.05, 4.69) is 16.0 Å². The van der Waals surface area contributed by atoms with Gasteiger partial charge in [-0.25, -0.2) is 0 Å². The van der Waals surface area contributed by atoms with Crippen LogP contribution in [0, 0.1) is 0 Å². The summed E-state index contributed by atoms with van der Waals surface area (Å²) in [4.78, 5) is 22.9. The van der Waals surface area contributed by atoms with Gasteiger partial charge >= 0.3 is 0 Å². The molecule has 2 amide bonds. The van der Waals surface area contributed by atoms with Crippen molar-refractivity contribution in [1.29, 1.82) is 0 Å². The van der Waals surface area contributed by atoms with Crippen molar-refractivity contribution in [3.05, 3.63) is 52.5 Å². The summed E-state index contributed by atoms with van der Waals surface area (Å²) < 4.78 is 0. The van der Waals surface area contributed by atoms with Crippen molar-refractivity contribution >= 4 is 52.1 Å². The third-order valence-corrected chi connectivity index (χ3v) is 3.41. The van der Waals surface area contributed by atoms with Gasteiger partial charge in [0, 0.05) is 23.3 Å². The largest absolute Gasteiger partial charge is 0.375 e. The van der Waals surface area contributed by atoms with Gasteiger partial charge in [0.2, 0.25) is 11.8 Å². The molecule has 0 unspecified atom stereocenters. The van der Waals surface area contributed by atoms with Gasteiger partial charge in [0.25, 0.3) is 0 Å². The summed E-state index contributed by atoms with van der Waals surface area (Å²) in [6, 6.07) is 11.8. The molecule has 0 fully saturated rings. The van der Waals surface area contributed by atoms with Crippen LogP contribution in [0.5, 0.6) is 0 Å². The summed E-state index contributed by atoms with van der Waals surface area (Å²) in [6.07, 6.45) is 0. The molecule has 23 heavy (non-hydrogen) atoms. The minimum absolute atomic E-state index is 0.0643. The Bertz CT molecular complexity index is 718. The SMILES string of the molecule is CC(=O)Nc1ccc(NC(=O)CNc2ccc(Cl)cc2Cl)cc1. The summed E-state index contributed by atoms with van der Waals surface area (Å²) in [5.41, 5.74) is 1.93. The molecule has 0 bridgehead atoms. The highest BCUT2D eigenvalue weighted by Crippen LogP contribution is 2.25. The molecular formula is C16H15Cl2N3O2. The van der Waals surface area contributed by atoms with E-state index in [1.165, 1.54) is 6.92 Å². The highest BCUT2D eigenvalue weighted by Gasteiger charge is 2.05. The predicted molar refractivity (Wildman–Crippen MR) is 94.3 cm³/mol. The lowest BCUT2D eigenvalue weighted by Crippen LogP contribution is -2.21. The van der Waals surface area contributed by atoms with Crippen molar-refractivity contribution < 1.29 is 9.59 Å². The van der Waals surface area contributed by atoms with Gasteiger partial charge in [-0.15, -0.1) is 0 Å². The molecule has 0 aromatic heterocycles. The molecule has 0 spiro atoms. The molecule has 5 nitrogen and oxygen atoms in total. The molecule has 2 rings (SSSR count). The van der Waals surface area contributed by atoms with E-state index in [9.17, 15) is 9.59 Å². The van der Waals surface area contributed by atoms with Crippen LogP contribution in [0.15, 0.2) is 42.5 Å². The Kier molecular flexibility index (Phi) is 5.84. The Labute approximate surface area is 144 Å². The lowest BCUT2D eigenvalue weighted by molar-refractivity contribution is -0.115. The van der Waals surface area contributed by atoms with Crippen LogP contribution >= 0.6 is 23.2 Å². The quantitative estimate of drug-likeness (QED) is 0.762. The number of rotatable bonds is 5. The first-order valence-electron chi connectivity index (χ1n) is 6.80. The zero-order valence-electron chi connectivity index (χ0n) is 12.3. The topological polar surface area (TPSA) is 70.2 Å². The van der Waals surface area contributed by atoms with Crippen molar-refractivity contribution in [1.82, 2.24) is 0 Å². The number of hydrogen-bond acceptors (Lipinski definition) is 3. The highest BCUT2D eigenvalue weighted by molar-refractivity contribution is 6.36. The van der Waals surface area contributed by atoms with E-state index in [0.29, 0.717) is 27.1 Å². The van der Waals surface area contributed by atoms with Gasteiger partial charge in [0.15, 0.2) is 0 Å². The van der Waals surface area contributed by atoms with Gasteiger partial charge in [-0.2, -0.15) is 0 Å². The fraction of sp³-hybridized carbons (Fsp3) is 0.125. The van der Waals surface area contributed by atoms with Crippen molar-refractivity contribution in [2.24, 2.45) is 0 Å². The standard InChI is InChI=1S/C16H15Cl2N3O2/c1-10(22)20-12-3-5-13(6-4-12)21-16(23)9-19-15-7-2-11(17)8-14(15)18/h2-8,19H,9H2,1H3,(H,20,22)(H,21,23). The summed E-state index contributed by atoms with van der Waals surface area (Å²) in [6.45, 7) is 1.50. The molecule has 0 heterocycles. The number of carbonyl (C=O) groups is 2. The predicted octanol–water partition coefficient (Wildman–Crippen LogP) is 4.00. The van der Waals surface area contributed by atoms with Crippen molar-refractivity contribution in [3.63, 3.8) is 0 Å². The second-order valence-corrected chi connectivity index (χ2v) is 5.63. The lowest BCUT2D eigenvalue weighted by Gasteiger charge is -2.10. The lowest BCUT2D eigenvalue weighted by atomic mass is 10.2. The van der Waals surface area contributed by atoms with Crippen LogP contribution in [0.4, 0.5) is 17.1 Å². The first-order valence-corrected chi connectivity index (χ1v) is 7.56. The van der Waals surface area contributed by atoms with Crippen LogP contribution in [-0.4, -0.2) is 18.4 Å². The van der Waals surface area contributed by atoms with Gasteiger partial charge in [0.1, 0.15) is 0 Å². The van der Waals surface area contributed by atoms with E-state index in [1.54, 1.807) is 42.5 Å². The van der Waals surface area contributed by atoms with Gasteiger partial charge in [-0.05, 0) is 42.5 Å². The Morgan fingerprint density at radius 1 is 0.957 bits per heavy atom. The van der Waals surface area contributed by atoms with Crippen LogP contribution in [0.3, 0.4) is 0 Å². The number of hydrogen-bond donors (Lipinski definition) is 3. The monoisotopic (exact) mass is 351 g/mol. The third-order valence-electron chi connectivity index (χ3n) is 2.86. The van der Waals surface area contributed by atoms with Crippen molar-refractivity contribution in [2.45, 2.75) is 6.92 Å². The Morgan fingerprint density at radius 3 is 2.13 bits per heavy atom. The fourth-order valence-corrected chi connectivity index (χ4v) is 2.33. The molecule has 0 aliphatic heterocycles. The average molecular weight is 352 g/mol. The molecule has 0 aliphatic carbocycles. The van der Waals surface area contributed by atoms with Gasteiger partial charge in [0.05, 0.1) is 17.3 Å². The van der Waals surface area contributed by atoms with Crippen LogP contribution in [0.1, 0.15) is 6.92 Å². The Balaban J connectivity index is 1.88. The maximum Gasteiger partial charge on any atom is 0.243 e. The second-order valence-electron chi connectivity index (χ2n) is 4.78. The molecule has 0 radical (unpaired) electrons. The number of benzene rings is 2. The van der Waals surface area contributed by atoms with E-state index < -0.39 is 0 Å². The molecule has 2 aromatic rings. The van der Waals surface area contributed by atoms with E-state index in [0.717, 1.165) is 0 Å². The minimum atomic E-state index is -0.219. The normalized spacial score (nSPS) is 10.0. The number of halogens is 2. The number of carbonyl (C=O) groups excluding carboxylic acids is 2. The number of anilines is 3. The summed E-state index contributed by atoms with van der Waals surface area (Å²) in [7, 11) is 0. The zero-order chi connectivity index (χ0) is 16.8. The van der Waals surface area contributed by atoms with Crippen LogP contribution in [0.25, 0.3) is 0 Å². The van der Waals surface area contributed by atoms with Crippen LogP contribution in [0.2, 0.25) is 10.0 Å². The first kappa shape index (κ1) is 17.1. The summed E-state index contributed by atoms with van der Waals surface area (Å²) in [5.74, 6) is -0.367. The maximum absolute atomic E-state index is 11.9. The van der Waals surface area contributed by atoms with E-state index in [-0.39, 0.29) is 18.4 Å². The van der Waals surface area contributed by atoms with Gasteiger partial charge in [-0.3, -0.25) is 9.59 Å². The zero-order valence-corrected chi connectivity index (χ0v) is 13.8. The van der Waals surface area contributed by atoms with Crippen molar-refractivity contribution in [2.75, 3.05) is 22.5 Å². The highest BCUT2D eigenvalue weighted by atomic mass is 35.5. The van der Waals surface area contributed by atoms with Crippen LogP contribution < -0.4 is 16.0 Å². The summed E-state index contributed by atoms with van der Waals surface area (Å²) >= 11 is 11.8. The van der Waals surface area contributed by atoms with Crippen LogP contribution in [-0.2, 0) is 9.59 Å². The Morgan fingerprint density at radius 2 is 1.57 bits per heavy atom. The first-order chi connectivity index (χ1) is 10.9. The van der Waals surface area contributed by atoms with E-state index in [1.807, 2.05) is 0 Å². The number of amides is 2. The van der Waals surface area contributed by atoms with Crippen molar-refractivity contribution in [3.8, 4) is 0 Å². The molecule has 7 heteroatoms. The maximum atomic E-state index is 11.9. The van der Waals surface area contributed by atoms with Gasteiger partial charge < -0.3 is 16.0 Å². The molecule has 2 aromatic carbocycles. The fourth-order valence-electron chi connectivity index (χ4n) is 1.85. The second kappa shape index (κ2) is 7.85. The average Bonchev–Trinajstić information content (AvgIpc) is 2.48. The molecule has 0 aliphatic rings. The third kappa shape index (κ3) is 5.47. The molecule has 3 N–H and O–H groups in total. The van der Waals surface area contributed by atoms with E-state index >= 15 is 0 Å². The Hall–Kier alpha value is -2.24. The molecule has 0 atom stereocenters. The smallest absolute Gasteiger partial charge is 0.243 e. The molecular weight excluding hydrogens is 337 g/mol. The van der Waals surface area contributed by atoms with Gasteiger partial charge in [-0.1, -0.05) is 23.2 Å². The van der Waals surface area contributed by atoms with E-state index in [4.69, 9.17) is 23.2 Å².